The molecule has 4 aliphatic carbocycles. The smallest absolute Gasteiger partial charge is 0.119 e. The Bertz CT molecular complexity index is 694. The Kier molecular flexibility index (Phi) is 2.66. The molecule has 4 fully saturated rings. The molecule has 4 saturated carbocycles. The number of fused-ring (bicyclic) bond motifs is 1. The quantitative estimate of drug-likeness (QED) is 0.728. The summed E-state index contributed by atoms with van der Waals surface area (Å²) >= 11 is 0. The van der Waals surface area contributed by atoms with Crippen LogP contribution in [0.2, 0.25) is 0 Å². The number of ether oxygens (including phenoxy) is 1. The van der Waals surface area contributed by atoms with Gasteiger partial charge in [0.15, 0.2) is 0 Å². The van der Waals surface area contributed by atoms with E-state index < -0.39 is 0 Å². The minimum Gasteiger partial charge on any atom is -0.497 e. The van der Waals surface area contributed by atoms with Crippen molar-refractivity contribution in [1.82, 2.24) is 0 Å². The van der Waals surface area contributed by atoms with Gasteiger partial charge in [-0.1, -0.05) is 24.3 Å². The lowest BCUT2D eigenvalue weighted by Crippen LogP contribution is -2.48. The molecule has 2 aromatic carbocycles. The zero-order valence-electron chi connectivity index (χ0n) is 13.3. The summed E-state index contributed by atoms with van der Waals surface area (Å²) < 4.78 is 5.50. The van der Waals surface area contributed by atoms with Crippen LogP contribution in [0.1, 0.15) is 44.1 Å². The van der Waals surface area contributed by atoms with E-state index in [0.29, 0.717) is 5.41 Å². The molecule has 6 rings (SSSR count). The molecule has 0 spiro atoms. The van der Waals surface area contributed by atoms with Crippen molar-refractivity contribution >= 4 is 10.8 Å². The lowest BCUT2D eigenvalue weighted by atomic mass is 9.48. The fourth-order valence-electron chi connectivity index (χ4n) is 6.28. The molecule has 0 amide bonds. The SMILES string of the molecule is COc1ccc2cccc(C34CC5CC(CC(C5)C3)C4)c2c1. The summed E-state index contributed by atoms with van der Waals surface area (Å²) in [6.45, 7) is 0. The Morgan fingerprint density at radius 3 is 2.23 bits per heavy atom. The molecular weight excluding hydrogens is 268 g/mol. The molecule has 0 aromatic heterocycles. The molecule has 4 bridgehead atoms. The molecule has 4 aliphatic rings. The van der Waals surface area contributed by atoms with E-state index in [1.807, 2.05) is 0 Å². The molecule has 1 heteroatoms. The van der Waals surface area contributed by atoms with Gasteiger partial charge in [-0.15, -0.1) is 0 Å². The average Bonchev–Trinajstić information content (AvgIpc) is 2.52. The van der Waals surface area contributed by atoms with Crippen LogP contribution in [0.5, 0.6) is 5.75 Å². The Hall–Kier alpha value is -1.50. The predicted octanol–water partition coefficient (Wildman–Crippen LogP) is 5.32. The van der Waals surface area contributed by atoms with Gasteiger partial charge in [0.25, 0.3) is 0 Å². The van der Waals surface area contributed by atoms with Crippen molar-refractivity contribution in [3.05, 3.63) is 42.0 Å². The molecule has 0 heterocycles. The number of hydrogen-bond acceptors (Lipinski definition) is 1. The predicted molar refractivity (Wildman–Crippen MR) is 90.4 cm³/mol. The Balaban J connectivity index is 1.70. The largest absolute Gasteiger partial charge is 0.497 e. The zero-order valence-corrected chi connectivity index (χ0v) is 13.3. The van der Waals surface area contributed by atoms with Crippen LogP contribution in [-0.2, 0) is 5.41 Å². The number of benzene rings is 2. The topological polar surface area (TPSA) is 9.23 Å². The van der Waals surface area contributed by atoms with Crippen LogP contribution in [0.4, 0.5) is 0 Å². The zero-order chi connectivity index (χ0) is 14.7. The second-order valence-corrected chi connectivity index (χ2v) is 8.09. The van der Waals surface area contributed by atoms with Gasteiger partial charge >= 0.3 is 0 Å². The van der Waals surface area contributed by atoms with Crippen molar-refractivity contribution in [3.63, 3.8) is 0 Å². The second kappa shape index (κ2) is 4.50. The summed E-state index contributed by atoms with van der Waals surface area (Å²) in [7, 11) is 1.77. The molecule has 1 nitrogen and oxygen atoms in total. The summed E-state index contributed by atoms with van der Waals surface area (Å²) in [6.07, 6.45) is 8.80. The van der Waals surface area contributed by atoms with E-state index in [-0.39, 0.29) is 0 Å². The average molecular weight is 292 g/mol. The lowest BCUT2D eigenvalue weighted by Gasteiger charge is -2.57. The molecule has 0 radical (unpaired) electrons. The summed E-state index contributed by atoms with van der Waals surface area (Å²) in [5, 5.41) is 2.80. The number of hydrogen-bond donors (Lipinski definition) is 0. The van der Waals surface area contributed by atoms with Crippen LogP contribution in [0.15, 0.2) is 36.4 Å². The molecule has 114 valence electrons. The summed E-state index contributed by atoms with van der Waals surface area (Å²) in [5.74, 6) is 3.97. The fraction of sp³-hybridized carbons (Fsp3) is 0.524. The highest BCUT2D eigenvalue weighted by molar-refractivity contribution is 5.88. The van der Waals surface area contributed by atoms with Gasteiger partial charge in [-0.3, -0.25) is 0 Å². The normalized spacial score (nSPS) is 36.0. The van der Waals surface area contributed by atoms with Gasteiger partial charge in [-0.05, 0) is 90.2 Å². The first-order chi connectivity index (χ1) is 10.8. The molecule has 0 aliphatic heterocycles. The fourth-order valence-corrected chi connectivity index (χ4v) is 6.28. The van der Waals surface area contributed by atoms with Crippen molar-refractivity contribution < 1.29 is 4.74 Å². The third-order valence-electron chi connectivity index (χ3n) is 6.70. The van der Waals surface area contributed by atoms with Crippen molar-refractivity contribution in [2.75, 3.05) is 7.11 Å². The van der Waals surface area contributed by atoms with Crippen molar-refractivity contribution in [1.29, 1.82) is 0 Å². The summed E-state index contributed by atoms with van der Waals surface area (Å²) in [5.41, 5.74) is 2.07. The van der Waals surface area contributed by atoms with E-state index in [1.165, 1.54) is 49.3 Å². The third kappa shape index (κ3) is 1.77. The Labute approximate surface area is 132 Å². The highest BCUT2D eigenvalue weighted by Gasteiger charge is 2.51. The molecule has 0 atom stereocenters. The van der Waals surface area contributed by atoms with E-state index in [1.54, 1.807) is 12.7 Å². The molecule has 0 saturated heterocycles. The standard InChI is InChI=1S/C21H24O/c1-22-18-6-5-17-3-2-4-20(19(17)10-18)21-11-14-7-15(12-21)9-16(8-14)13-21/h2-6,10,14-16H,7-9,11-13H2,1H3. The monoisotopic (exact) mass is 292 g/mol. The Morgan fingerprint density at radius 1 is 0.909 bits per heavy atom. The Morgan fingerprint density at radius 2 is 1.59 bits per heavy atom. The van der Waals surface area contributed by atoms with Crippen LogP contribution >= 0.6 is 0 Å². The third-order valence-corrected chi connectivity index (χ3v) is 6.70. The second-order valence-electron chi connectivity index (χ2n) is 8.09. The van der Waals surface area contributed by atoms with Gasteiger partial charge in [0.05, 0.1) is 7.11 Å². The van der Waals surface area contributed by atoms with Gasteiger partial charge in [-0.2, -0.15) is 0 Å². The molecular formula is C21H24O. The van der Waals surface area contributed by atoms with Crippen molar-refractivity contribution in [2.24, 2.45) is 17.8 Å². The van der Waals surface area contributed by atoms with Crippen LogP contribution < -0.4 is 4.74 Å². The summed E-state index contributed by atoms with van der Waals surface area (Å²) in [6, 6.07) is 13.5. The highest BCUT2D eigenvalue weighted by Crippen LogP contribution is 2.61. The van der Waals surface area contributed by atoms with Crippen LogP contribution in [0, 0.1) is 17.8 Å². The highest BCUT2D eigenvalue weighted by atomic mass is 16.5. The first-order valence-electron chi connectivity index (χ1n) is 8.83. The number of rotatable bonds is 2. The molecule has 0 unspecified atom stereocenters. The van der Waals surface area contributed by atoms with Crippen LogP contribution in [0.3, 0.4) is 0 Å². The van der Waals surface area contributed by atoms with E-state index >= 15 is 0 Å². The molecule has 22 heavy (non-hydrogen) atoms. The van der Waals surface area contributed by atoms with Gasteiger partial charge in [0.2, 0.25) is 0 Å². The van der Waals surface area contributed by atoms with E-state index in [2.05, 4.69) is 36.4 Å². The minimum absolute atomic E-state index is 0.459. The van der Waals surface area contributed by atoms with Gasteiger partial charge in [0, 0.05) is 0 Å². The number of methoxy groups -OCH3 is 1. The maximum Gasteiger partial charge on any atom is 0.119 e. The maximum atomic E-state index is 5.50. The lowest BCUT2D eigenvalue weighted by molar-refractivity contribution is -0.00449. The first kappa shape index (κ1) is 13.0. The van der Waals surface area contributed by atoms with Gasteiger partial charge in [0.1, 0.15) is 5.75 Å². The van der Waals surface area contributed by atoms with Crippen LogP contribution in [-0.4, -0.2) is 7.11 Å². The molecule has 0 N–H and O–H groups in total. The van der Waals surface area contributed by atoms with Crippen molar-refractivity contribution in [3.8, 4) is 5.75 Å². The van der Waals surface area contributed by atoms with E-state index in [9.17, 15) is 0 Å². The van der Waals surface area contributed by atoms with Crippen molar-refractivity contribution in [2.45, 2.75) is 43.9 Å². The first-order valence-corrected chi connectivity index (χ1v) is 8.83. The van der Waals surface area contributed by atoms with E-state index in [4.69, 9.17) is 4.74 Å². The minimum atomic E-state index is 0.459. The van der Waals surface area contributed by atoms with Crippen LogP contribution in [0.25, 0.3) is 10.8 Å². The maximum absolute atomic E-state index is 5.50. The van der Waals surface area contributed by atoms with Gasteiger partial charge < -0.3 is 4.74 Å². The van der Waals surface area contributed by atoms with E-state index in [0.717, 1.165) is 23.5 Å². The molecule has 2 aromatic rings. The summed E-state index contributed by atoms with van der Waals surface area (Å²) in [4.78, 5) is 0. The van der Waals surface area contributed by atoms with Gasteiger partial charge in [-0.25, -0.2) is 0 Å².